The van der Waals surface area contributed by atoms with Gasteiger partial charge in [0, 0.05) is 6.54 Å². The van der Waals surface area contributed by atoms with Crippen LogP contribution in [0.2, 0.25) is 0 Å². The van der Waals surface area contributed by atoms with Crippen molar-refractivity contribution >= 4 is 23.7 Å². The molecule has 0 atom stereocenters. The summed E-state index contributed by atoms with van der Waals surface area (Å²) in [5, 5.41) is 4.09. The quantitative estimate of drug-likeness (QED) is 0.646. The first kappa shape index (κ1) is 7.95. The van der Waals surface area contributed by atoms with Crippen molar-refractivity contribution in [3.8, 4) is 0 Å². The van der Waals surface area contributed by atoms with E-state index in [2.05, 4.69) is 5.38 Å². The van der Waals surface area contributed by atoms with Crippen LogP contribution in [0.3, 0.4) is 0 Å². The highest BCUT2D eigenvalue weighted by atomic mass is 35.5. The maximum atomic E-state index is 5.30. The molecule has 0 aliphatic heterocycles. The Morgan fingerprint density at radius 2 is 2.38 bits per heavy atom. The lowest BCUT2D eigenvalue weighted by Crippen LogP contribution is -1.92. The third-order valence-electron chi connectivity index (χ3n) is 0.816. The van der Waals surface area contributed by atoms with Crippen molar-refractivity contribution in [3.05, 3.63) is 22.4 Å². The molecule has 8 heavy (non-hydrogen) atoms. The first-order chi connectivity index (χ1) is 3.43. The van der Waals surface area contributed by atoms with Crippen molar-refractivity contribution < 1.29 is 0 Å². The highest BCUT2D eigenvalue weighted by Crippen LogP contribution is 2.02. The minimum Gasteiger partial charge on any atom is -0.326 e. The molecule has 0 aliphatic rings. The summed E-state index contributed by atoms with van der Waals surface area (Å²) in [5.74, 6) is 0. The predicted molar refractivity (Wildman–Crippen MR) is 39.5 cm³/mol. The number of thiophene rings is 1. The zero-order valence-electron chi connectivity index (χ0n) is 4.33. The molecule has 0 saturated carbocycles. The van der Waals surface area contributed by atoms with E-state index in [0.29, 0.717) is 6.54 Å². The number of nitrogens with two attached hydrogens (primary N) is 1. The third kappa shape index (κ3) is 1.82. The first-order valence-corrected chi connectivity index (χ1v) is 3.09. The normalized spacial score (nSPS) is 8.12. The van der Waals surface area contributed by atoms with Crippen molar-refractivity contribution in [2.24, 2.45) is 5.73 Å². The zero-order valence-corrected chi connectivity index (χ0v) is 5.97. The van der Waals surface area contributed by atoms with Gasteiger partial charge < -0.3 is 5.73 Å². The van der Waals surface area contributed by atoms with Crippen molar-refractivity contribution in [1.29, 1.82) is 0 Å². The molecule has 1 aromatic rings. The molecule has 0 fully saturated rings. The molecule has 0 spiro atoms. The van der Waals surface area contributed by atoms with Gasteiger partial charge in [-0.1, -0.05) is 0 Å². The Labute approximate surface area is 58.9 Å². The molecular formula is C5H8ClNS. The Morgan fingerprint density at radius 3 is 2.62 bits per heavy atom. The lowest BCUT2D eigenvalue weighted by molar-refractivity contribution is 1.08. The van der Waals surface area contributed by atoms with Crippen molar-refractivity contribution in [3.63, 3.8) is 0 Å². The molecule has 1 aromatic heterocycles. The molecule has 0 saturated heterocycles. The van der Waals surface area contributed by atoms with Crippen LogP contribution in [0, 0.1) is 0 Å². The SMILES string of the molecule is Cl.NCc1ccsc1. The minimum absolute atomic E-state index is 0. The molecular weight excluding hydrogens is 142 g/mol. The van der Waals surface area contributed by atoms with E-state index < -0.39 is 0 Å². The number of hydrogen-bond acceptors (Lipinski definition) is 2. The fourth-order valence-electron chi connectivity index (χ4n) is 0.409. The van der Waals surface area contributed by atoms with Crippen molar-refractivity contribution in [2.45, 2.75) is 6.54 Å². The van der Waals surface area contributed by atoms with Gasteiger partial charge in [-0.05, 0) is 22.4 Å². The molecule has 1 rings (SSSR count). The van der Waals surface area contributed by atoms with Crippen LogP contribution in [0.4, 0.5) is 0 Å². The smallest absolute Gasteiger partial charge is 0.0186 e. The van der Waals surface area contributed by atoms with E-state index in [0.717, 1.165) is 0 Å². The summed E-state index contributed by atoms with van der Waals surface area (Å²) in [4.78, 5) is 0. The van der Waals surface area contributed by atoms with Crippen LogP contribution < -0.4 is 5.73 Å². The molecule has 0 radical (unpaired) electrons. The van der Waals surface area contributed by atoms with Gasteiger partial charge in [0.25, 0.3) is 0 Å². The van der Waals surface area contributed by atoms with Crippen molar-refractivity contribution in [2.75, 3.05) is 0 Å². The second-order valence-corrected chi connectivity index (χ2v) is 2.12. The molecule has 0 amide bonds. The fraction of sp³-hybridized carbons (Fsp3) is 0.200. The van der Waals surface area contributed by atoms with E-state index in [1.807, 2.05) is 11.4 Å². The lowest BCUT2D eigenvalue weighted by atomic mass is 10.4. The van der Waals surface area contributed by atoms with Gasteiger partial charge in [0.1, 0.15) is 0 Å². The summed E-state index contributed by atoms with van der Waals surface area (Å²) in [6, 6.07) is 2.03. The maximum absolute atomic E-state index is 5.30. The Kier molecular flexibility index (Phi) is 3.87. The number of halogens is 1. The second kappa shape index (κ2) is 3.89. The summed E-state index contributed by atoms with van der Waals surface area (Å²) in [5.41, 5.74) is 6.53. The van der Waals surface area contributed by atoms with Gasteiger partial charge in [-0.2, -0.15) is 11.3 Å². The summed E-state index contributed by atoms with van der Waals surface area (Å²) in [6.07, 6.45) is 0. The molecule has 0 bridgehead atoms. The molecule has 2 N–H and O–H groups in total. The van der Waals surface area contributed by atoms with Gasteiger partial charge in [0.15, 0.2) is 0 Å². The summed E-state index contributed by atoms with van der Waals surface area (Å²) in [6.45, 7) is 0.670. The molecule has 1 heterocycles. The second-order valence-electron chi connectivity index (χ2n) is 1.34. The zero-order chi connectivity index (χ0) is 5.11. The topological polar surface area (TPSA) is 26.0 Å². The average Bonchev–Trinajstić information content (AvgIpc) is 2.14. The average molecular weight is 150 g/mol. The Balaban J connectivity index is 0.000000490. The highest BCUT2D eigenvalue weighted by Gasteiger charge is 1.82. The minimum atomic E-state index is 0. The van der Waals surface area contributed by atoms with Crippen LogP contribution in [0.25, 0.3) is 0 Å². The van der Waals surface area contributed by atoms with E-state index in [1.165, 1.54) is 5.56 Å². The maximum Gasteiger partial charge on any atom is 0.0186 e. The van der Waals surface area contributed by atoms with E-state index in [1.54, 1.807) is 11.3 Å². The van der Waals surface area contributed by atoms with E-state index in [-0.39, 0.29) is 12.4 Å². The van der Waals surface area contributed by atoms with E-state index >= 15 is 0 Å². The highest BCUT2D eigenvalue weighted by molar-refractivity contribution is 7.07. The summed E-state index contributed by atoms with van der Waals surface area (Å²) >= 11 is 1.68. The predicted octanol–water partition coefficient (Wildman–Crippen LogP) is 1.63. The molecule has 1 nitrogen and oxygen atoms in total. The third-order valence-corrected chi connectivity index (χ3v) is 1.55. The first-order valence-electron chi connectivity index (χ1n) is 2.14. The van der Waals surface area contributed by atoms with Crippen LogP contribution in [-0.4, -0.2) is 0 Å². The van der Waals surface area contributed by atoms with Crippen LogP contribution in [0.15, 0.2) is 16.8 Å². The molecule has 0 aliphatic carbocycles. The van der Waals surface area contributed by atoms with Crippen molar-refractivity contribution in [1.82, 2.24) is 0 Å². The van der Waals surface area contributed by atoms with Crippen LogP contribution in [-0.2, 0) is 6.54 Å². The van der Waals surface area contributed by atoms with Crippen LogP contribution >= 0.6 is 23.7 Å². The van der Waals surface area contributed by atoms with Gasteiger partial charge >= 0.3 is 0 Å². The Hall–Kier alpha value is -0.0500. The Bertz CT molecular complexity index is 127. The molecule has 0 aromatic carbocycles. The molecule has 46 valence electrons. The largest absolute Gasteiger partial charge is 0.326 e. The van der Waals surface area contributed by atoms with Gasteiger partial charge in [-0.3, -0.25) is 0 Å². The molecule has 3 heteroatoms. The summed E-state index contributed by atoms with van der Waals surface area (Å²) in [7, 11) is 0. The van der Waals surface area contributed by atoms with Crippen LogP contribution in [0.5, 0.6) is 0 Å². The van der Waals surface area contributed by atoms with Gasteiger partial charge in [0.05, 0.1) is 0 Å². The van der Waals surface area contributed by atoms with Gasteiger partial charge in [0.2, 0.25) is 0 Å². The molecule has 0 unspecified atom stereocenters. The van der Waals surface area contributed by atoms with E-state index in [9.17, 15) is 0 Å². The standard InChI is InChI=1S/C5H7NS.ClH/c6-3-5-1-2-7-4-5;/h1-2,4H,3,6H2;1H. The summed E-state index contributed by atoms with van der Waals surface area (Å²) < 4.78 is 0. The Morgan fingerprint density at radius 1 is 1.62 bits per heavy atom. The number of rotatable bonds is 1. The van der Waals surface area contributed by atoms with Gasteiger partial charge in [-0.25, -0.2) is 0 Å². The van der Waals surface area contributed by atoms with Crippen LogP contribution in [0.1, 0.15) is 5.56 Å². The van der Waals surface area contributed by atoms with E-state index in [4.69, 9.17) is 5.73 Å². The fourth-order valence-corrected chi connectivity index (χ4v) is 1.09. The number of hydrogen-bond donors (Lipinski definition) is 1. The van der Waals surface area contributed by atoms with Gasteiger partial charge in [-0.15, -0.1) is 12.4 Å². The lowest BCUT2D eigenvalue weighted by Gasteiger charge is -1.79. The monoisotopic (exact) mass is 149 g/mol.